The number of hydrogen-bond donors (Lipinski definition) is 0. The van der Waals surface area contributed by atoms with Crippen molar-refractivity contribution in [3.8, 4) is 0 Å². The van der Waals surface area contributed by atoms with Gasteiger partial charge in [0.05, 0.1) is 6.04 Å². The lowest BCUT2D eigenvalue weighted by Gasteiger charge is -2.37. The van der Waals surface area contributed by atoms with E-state index in [1.807, 2.05) is 0 Å². The van der Waals surface area contributed by atoms with Gasteiger partial charge in [-0.25, -0.2) is 9.97 Å². The summed E-state index contributed by atoms with van der Waals surface area (Å²) in [6.45, 7) is 3.14. The van der Waals surface area contributed by atoms with Crippen molar-refractivity contribution < 1.29 is 0 Å². The van der Waals surface area contributed by atoms with Gasteiger partial charge in [0.2, 0.25) is 0 Å². The number of rotatable bonds is 1. The van der Waals surface area contributed by atoms with Gasteiger partial charge in [0, 0.05) is 30.9 Å². The molecule has 19 heavy (non-hydrogen) atoms. The molecule has 0 saturated carbocycles. The topological polar surface area (TPSA) is 32.3 Å². The summed E-state index contributed by atoms with van der Waals surface area (Å²) >= 11 is 6.37. The Bertz CT molecular complexity index is 477. The van der Waals surface area contributed by atoms with Crippen LogP contribution in [-0.4, -0.2) is 53.5 Å². The van der Waals surface area contributed by atoms with Gasteiger partial charge in [-0.2, -0.15) is 0 Å². The van der Waals surface area contributed by atoms with Crippen molar-refractivity contribution in [2.45, 2.75) is 31.7 Å². The van der Waals surface area contributed by atoms with Crippen molar-refractivity contribution in [1.82, 2.24) is 19.8 Å². The first-order valence-corrected chi connectivity index (χ1v) is 7.47. The summed E-state index contributed by atoms with van der Waals surface area (Å²) in [6, 6.07) is 0.267. The monoisotopic (exact) mass is 280 g/mol. The number of piperazine rings is 1. The zero-order valence-electron chi connectivity index (χ0n) is 11.7. The minimum absolute atomic E-state index is 0.267. The van der Waals surface area contributed by atoms with Crippen molar-refractivity contribution in [1.29, 1.82) is 0 Å². The van der Waals surface area contributed by atoms with Gasteiger partial charge < -0.3 is 4.90 Å². The Morgan fingerprint density at radius 1 is 1.11 bits per heavy atom. The molecule has 0 bridgehead atoms. The van der Waals surface area contributed by atoms with Crippen LogP contribution < -0.4 is 0 Å². The Hall–Kier alpha value is -0.710. The van der Waals surface area contributed by atoms with Crippen LogP contribution in [-0.2, 0) is 12.8 Å². The first-order valence-electron chi connectivity index (χ1n) is 7.09. The lowest BCUT2D eigenvalue weighted by molar-refractivity contribution is 0.109. The highest BCUT2D eigenvalue weighted by atomic mass is 35.5. The molecule has 0 aromatic carbocycles. The van der Waals surface area contributed by atoms with Crippen molar-refractivity contribution in [2.75, 3.05) is 33.7 Å². The minimum atomic E-state index is 0.267. The van der Waals surface area contributed by atoms with E-state index in [1.54, 1.807) is 0 Å². The van der Waals surface area contributed by atoms with Gasteiger partial charge >= 0.3 is 0 Å². The van der Waals surface area contributed by atoms with Gasteiger partial charge in [0.1, 0.15) is 11.0 Å². The van der Waals surface area contributed by atoms with Crippen LogP contribution in [0, 0.1) is 0 Å². The van der Waals surface area contributed by atoms with Gasteiger partial charge in [0.15, 0.2) is 0 Å². The second-order valence-corrected chi connectivity index (χ2v) is 6.12. The van der Waals surface area contributed by atoms with Gasteiger partial charge in [0.25, 0.3) is 0 Å². The van der Waals surface area contributed by atoms with E-state index in [9.17, 15) is 0 Å². The summed E-state index contributed by atoms with van der Waals surface area (Å²) in [6.07, 6.45) is 4.52. The fourth-order valence-electron chi connectivity index (χ4n) is 3.00. The zero-order chi connectivity index (χ0) is 13.4. The maximum atomic E-state index is 6.37. The Balaban J connectivity index is 1.94. The summed E-state index contributed by atoms with van der Waals surface area (Å²) in [7, 11) is 4.30. The van der Waals surface area contributed by atoms with E-state index in [-0.39, 0.29) is 6.04 Å². The molecule has 104 valence electrons. The molecule has 1 fully saturated rings. The molecule has 1 aromatic heterocycles. The lowest BCUT2D eigenvalue weighted by atomic mass is 9.97. The number of aryl methyl sites for hydroxylation is 1. The maximum Gasteiger partial charge on any atom is 0.148 e. The number of fused-ring (bicyclic) bond motifs is 1. The van der Waals surface area contributed by atoms with Crippen LogP contribution in [0.2, 0.25) is 5.15 Å². The molecule has 3 rings (SSSR count). The number of aromatic nitrogens is 2. The average Bonchev–Trinajstić information content (AvgIpc) is 2.41. The van der Waals surface area contributed by atoms with E-state index in [2.05, 4.69) is 28.9 Å². The van der Waals surface area contributed by atoms with E-state index in [0.29, 0.717) is 5.15 Å². The number of hydrogen-bond acceptors (Lipinski definition) is 4. The Kier molecular flexibility index (Phi) is 3.74. The molecule has 1 aliphatic carbocycles. The summed E-state index contributed by atoms with van der Waals surface area (Å²) in [4.78, 5) is 14.1. The van der Waals surface area contributed by atoms with E-state index in [4.69, 9.17) is 16.6 Å². The van der Waals surface area contributed by atoms with Crippen molar-refractivity contribution in [3.63, 3.8) is 0 Å². The number of nitrogens with zero attached hydrogens (tertiary/aromatic N) is 4. The predicted octanol–water partition coefficient (Wildman–Crippen LogP) is 1.93. The van der Waals surface area contributed by atoms with Crippen molar-refractivity contribution in [2.24, 2.45) is 0 Å². The van der Waals surface area contributed by atoms with E-state index < -0.39 is 0 Å². The largest absolute Gasteiger partial charge is 0.303 e. The lowest BCUT2D eigenvalue weighted by Crippen LogP contribution is -2.45. The molecule has 0 spiro atoms. The van der Waals surface area contributed by atoms with Gasteiger partial charge in [-0.05, 0) is 39.8 Å². The smallest absolute Gasteiger partial charge is 0.148 e. The van der Waals surface area contributed by atoms with Crippen molar-refractivity contribution in [3.05, 3.63) is 22.2 Å². The molecule has 2 aliphatic rings. The molecule has 4 nitrogen and oxygen atoms in total. The SMILES string of the molecule is CN1CCN(C)C(c2nc(Cl)c3c(n2)CCCC3)C1. The molecule has 1 aliphatic heterocycles. The van der Waals surface area contributed by atoms with Crippen LogP contribution in [0.3, 0.4) is 0 Å². The van der Waals surface area contributed by atoms with Crippen LogP contribution in [0.5, 0.6) is 0 Å². The molecule has 0 radical (unpaired) electrons. The van der Waals surface area contributed by atoms with Crippen LogP contribution in [0.15, 0.2) is 0 Å². The minimum Gasteiger partial charge on any atom is -0.303 e. The molecular weight excluding hydrogens is 260 g/mol. The number of halogens is 1. The fraction of sp³-hybridized carbons (Fsp3) is 0.714. The maximum absolute atomic E-state index is 6.37. The normalized spacial score (nSPS) is 25.3. The van der Waals surface area contributed by atoms with E-state index >= 15 is 0 Å². The van der Waals surface area contributed by atoms with Gasteiger partial charge in [-0.15, -0.1) is 0 Å². The van der Waals surface area contributed by atoms with E-state index in [0.717, 1.165) is 38.3 Å². The Morgan fingerprint density at radius 2 is 1.89 bits per heavy atom. The first kappa shape index (κ1) is 13.3. The quantitative estimate of drug-likeness (QED) is 0.736. The second kappa shape index (κ2) is 5.35. The predicted molar refractivity (Wildman–Crippen MR) is 76.6 cm³/mol. The summed E-state index contributed by atoms with van der Waals surface area (Å²) < 4.78 is 0. The van der Waals surface area contributed by atoms with E-state index in [1.165, 1.54) is 24.1 Å². The molecule has 2 heterocycles. The highest BCUT2D eigenvalue weighted by molar-refractivity contribution is 6.30. The molecule has 5 heteroatoms. The van der Waals surface area contributed by atoms with Crippen LogP contribution in [0.25, 0.3) is 0 Å². The first-order chi connectivity index (χ1) is 9.15. The molecule has 1 saturated heterocycles. The third-order valence-corrected chi connectivity index (χ3v) is 4.61. The second-order valence-electron chi connectivity index (χ2n) is 5.76. The van der Waals surface area contributed by atoms with Crippen LogP contribution in [0.4, 0.5) is 0 Å². The number of likely N-dealkylation sites (N-methyl/N-ethyl adjacent to an activating group) is 2. The molecule has 0 N–H and O–H groups in total. The average molecular weight is 281 g/mol. The molecule has 1 atom stereocenters. The highest BCUT2D eigenvalue weighted by Gasteiger charge is 2.28. The summed E-state index contributed by atoms with van der Waals surface area (Å²) in [5.41, 5.74) is 2.37. The summed E-state index contributed by atoms with van der Waals surface area (Å²) in [5.74, 6) is 0.903. The van der Waals surface area contributed by atoms with Crippen LogP contribution in [0.1, 0.15) is 36.0 Å². The molecule has 1 unspecified atom stereocenters. The third kappa shape index (κ3) is 2.62. The molecule has 0 amide bonds. The summed E-state index contributed by atoms with van der Waals surface area (Å²) in [5, 5.41) is 0.682. The Labute approximate surface area is 119 Å². The van der Waals surface area contributed by atoms with Gasteiger partial charge in [-0.3, -0.25) is 4.90 Å². The Morgan fingerprint density at radius 3 is 2.74 bits per heavy atom. The standard InChI is InChI=1S/C14H21ClN4/c1-18-7-8-19(2)12(9-18)14-16-11-6-4-3-5-10(11)13(15)17-14/h12H,3-9H2,1-2H3. The zero-order valence-corrected chi connectivity index (χ0v) is 12.4. The molecular formula is C14H21ClN4. The van der Waals surface area contributed by atoms with Crippen LogP contribution >= 0.6 is 11.6 Å². The third-order valence-electron chi connectivity index (χ3n) is 4.30. The van der Waals surface area contributed by atoms with Crippen molar-refractivity contribution >= 4 is 11.6 Å². The fourth-order valence-corrected chi connectivity index (χ4v) is 3.29. The highest BCUT2D eigenvalue weighted by Crippen LogP contribution is 2.28. The van der Waals surface area contributed by atoms with Gasteiger partial charge in [-0.1, -0.05) is 11.6 Å². The molecule has 1 aromatic rings.